The van der Waals surface area contributed by atoms with Gasteiger partial charge in [-0.3, -0.25) is 14.9 Å². The molecular formula is C14H16N2O5. The molecule has 0 spiro atoms. The molecule has 0 radical (unpaired) electrons. The van der Waals surface area contributed by atoms with Gasteiger partial charge in [0.05, 0.1) is 10.5 Å². The highest BCUT2D eigenvalue weighted by Crippen LogP contribution is 2.19. The van der Waals surface area contributed by atoms with Crippen LogP contribution in [-0.2, 0) is 9.59 Å². The third-order valence-electron chi connectivity index (χ3n) is 3.03. The summed E-state index contributed by atoms with van der Waals surface area (Å²) in [7, 11) is 1.38. The molecule has 112 valence electrons. The normalized spacial score (nSPS) is 12.1. The lowest BCUT2D eigenvalue weighted by Crippen LogP contribution is -2.41. The second-order valence-electron chi connectivity index (χ2n) is 4.36. The van der Waals surface area contributed by atoms with Gasteiger partial charge in [0.2, 0.25) is 5.91 Å². The van der Waals surface area contributed by atoms with Gasteiger partial charge in [0.15, 0.2) is 0 Å². The zero-order chi connectivity index (χ0) is 16.0. The molecule has 1 amide bonds. The predicted molar refractivity (Wildman–Crippen MR) is 76.6 cm³/mol. The van der Waals surface area contributed by atoms with Crippen molar-refractivity contribution in [2.75, 3.05) is 7.05 Å². The largest absolute Gasteiger partial charge is 0.480 e. The Balaban J connectivity index is 2.93. The Bertz CT molecular complexity index is 582. The number of carbonyl (C=O) groups is 2. The van der Waals surface area contributed by atoms with Gasteiger partial charge in [0, 0.05) is 19.2 Å². The van der Waals surface area contributed by atoms with Crippen molar-refractivity contribution in [3.63, 3.8) is 0 Å². The van der Waals surface area contributed by atoms with E-state index in [1.807, 2.05) is 0 Å². The second-order valence-corrected chi connectivity index (χ2v) is 4.36. The Morgan fingerprint density at radius 2 is 2.05 bits per heavy atom. The molecule has 0 aromatic heterocycles. The Morgan fingerprint density at radius 1 is 1.43 bits per heavy atom. The van der Waals surface area contributed by atoms with E-state index in [1.165, 1.54) is 31.3 Å². The number of hydrogen-bond donors (Lipinski definition) is 1. The van der Waals surface area contributed by atoms with Gasteiger partial charge in [-0.25, -0.2) is 4.79 Å². The van der Waals surface area contributed by atoms with E-state index in [9.17, 15) is 19.7 Å². The number of nitrogens with zero attached hydrogens (tertiary/aromatic N) is 2. The minimum absolute atomic E-state index is 0.116. The Labute approximate surface area is 121 Å². The first-order chi connectivity index (χ1) is 9.88. The smallest absolute Gasteiger partial charge is 0.326 e. The fourth-order valence-electron chi connectivity index (χ4n) is 1.84. The van der Waals surface area contributed by atoms with Crippen LogP contribution < -0.4 is 0 Å². The summed E-state index contributed by atoms with van der Waals surface area (Å²) in [6.07, 6.45) is 2.72. The van der Waals surface area contributed by atoms with Crippen LogP contribution in [0, 0.1) is 10.1 Å². The van der Waals surface area contributed by atoms with Crippen LogP contribution in [0.5, 0.6) is 0 Å². The molecule has 0 saturated carbocycles. The van der Waals surface area contributed by atoms with Gasteiger partial charge in [0.1, 0.15) is 6.04 Å². The number of rotatable bonds is 6. The lowest BCUT2D eigenvalue weighted by atomic mass is 10.1. The van der Waals surface area contributed by atoms with Crippen molar-refractivity contribution >= 4 is 23.6 Å². The molecule has 1 atom stereocenters. The number of benzene rings is 1. The minimum Gasteiger partial charge on any atom is -0.480 e. The number of amides is 1. The van der Waals surface area contributed by atoms with E-state index in [0.717, 1.165) is 11.0 Å². The molecule has 1 aromatic rings. The van der Waals surface area contributed by atoms with Crippen LogP contribution in [0.2, 0.25) is 0 Å². The first-order valence-electron chi connectivity index (χ1n) is 6.29. The molecule has 0 heterocycles. The van der Waals surface area contributed by atoms with Crippen LogP contribution in [-0.4, -0.2) is 39.9 Å². The molecule has 0 aliphatic heterocycles. The van der Waals surface area contributed by atoms with E-state index in [4.69, 9.17) is 5.11 Å². The van der Waals surface area contributed by atoms with Gasteiger partial charge < -0.3 is 10.0 Å². The quantitative estimate of drug-likeness (QED) is 0.490. The summed E-state index contributed by atoms with van der Waals surface area (Å²) in [4.78, 5) is 34.3. The lowest BCUT2D eigenvalue weighted by Gasteiger charge is -2.22. The number of likely N-dealkylation sites (N-methyl/N-ethyl adjacent to an activating group) is 1. The number of hydrogen-bond acceptors (Lipinski definition) is 4. The van der Waals surface area contributed by atoms with Crippen molar-refractivity contribution in [2.45, 2.75) is 19.4 Å². The first kappa shape index (κ1) is 16.4. The van der Waals surface area contributed by atoms with E-state index in [-0.39, 0.29) is 17.7 Å². The average molecular weight is 292 g/mol. The highest BCUT2D eigenvalue weighted by Gasteiger charge is 2.23. The average Bonchev–Trinajstić information content (AvgIpc) is 2.45. The third kappa shape index (κ3) is 4.13. The minimum atomic E-state index is -1.09. The number of carbonyl (C=O) groups excluding carboxylic acids is 1. The van der Waals surface area contributed by atoms with Gasteiger partial charge in [0.25, 0.3) is 5.69 Å². The van der Waals surface area contributed by atoms with Crippen LogP contribution in [0.15, 0.2) is 30.3 Å². The number of nitro groups is 1. The van der Waals surface area contributed by atoms with Crippen molar-refractivity contribution in [1.82, 2.24) is 4.90 Å². The zero-order valence-corrected chi connectivity index (χ0v) is 11.7. The molecule has 7 heteroatoms. The molecule has 0 aliphatic rings. The van der Waals surface area contributed by atoms with Crippen LogP contribution in [0.3, 0.4) is 0 Å². The first-order valence-corrected chi connectivity index (χ1v) is 6.29. The SMILES string of the molecule is CCC(C(=O)O)N(C)C(=O)C=Cc1ccccc1[N+](=O)[O-]. The van der Waals surface area contributed by atoms with E-state index in [2.05, 4.69) is 0 Å². The van der Waals surface area contributed by atoms with Crippen molar-refractivity contribution in [1.29, 1.82) is 0 Å². The van der Waals surface area contributed by atoms with E-state index >= 15 is 0 Å². The van der Waals surface area contributed by atoms with Crippen molar-refractivity contribution in [3.05, 3.63) is 46.0 Å². The fourth-order valence-corrected chi connectivity index (χ4v) is 1.84. The van der Waals surface area contributed by atoms with Gasteiger partial charge in [-0.1, -0.05) is 19.1 Å². The monoisotopic (exact) mass is 292 g/mol. The number of carboxylic acids is 1. The van der Waals surface area contributed by atoms with Gasteiger partial charge in [-0.15, -0.1) is 0 Å². The van der Waals surface area contributed by atoms with Crippen LogP contribution in [0.25, 0.3) is 6.08 Å². The highest BCUT2D eigenvalue weighted by molar-refractivity contribution is 5.94. The lowest BCUT2D eigenvalue weighted by molar-refractivity contribution is -0.385. The zero-order valence-electron chi connectivity index (χ0n) is 11.7. The Morgan fingerprint density at radius 3 is 2.57 bits per heavy atom. The number of carboxylic acid groups (broad SMARTS) is 1. The maximum atomic E-state index is 11.9. The Hall–Kier alpha value is -2.70. The number of para-hydroxylation sites is 1. The molecule has 0 aliphatic carbocycles. The topological polar surface area (TPSA) is 101 Å². The summed E-state index contributed by atoms with van der Waals surface area (Å²) in [6.45, 7) is 1.66. The maximum absolute atomic E-state index is 11.9. The summed E-state index contributed by atoms with van der Waals surface area (Å²) in [6, 6.07) is 5.07. The fraction of sp³-hybridized carbons (Fsp3) is 0.286. The summed E-state index contributed by atoms with van der Waals surface area (Å²) < 4.78 is 0. The molecule has 7 nitrogen and oxygen atoms in total. The molecule has 1 rings (SSSR count). The molecule has 1 N–H and O–H groups in total. The highest BCUT2D eigenvalue weighted by atomic mass is 16.6. The standard InChI is InChI=1S/C14H16N2O5/c1-3-11(14(18)19)15(2)13(17)9-8-10-6-4-5-7-12(10)16(20)21/h4-9,11H,3H2,1-2H3,(H,18,19). The molecule has 0 saturated heterocycles. The summed E-state index contributed by atoms with van der Waals surface area (Å²) in [5, 5.41) is 19.8. The van der Waals surface area contributed by atoms with Crippen LogP contribution in [0.4, 0.5) is 5.69 Å². The van der Waals surface area contributed by atoms with Crippen molar-refractivity contribution in [2.24, 2.45) is 0 Å². The molecule has 0 bridgehead atoms. The second kappa shape index (κ2) is 7.18. The predicted octanol–water partition coefficient (Wildman–Crippen LogP) is 1.93. The maximum Gasteiger partial charge on any atom is 0.326 e. The number of aliphatic carboxylic acids is 1. The van der Waals surface area contributed by atoms with E-state index < -0.39 is 22.8 Å². The third-order valence-corrected chi connectivity index (χ3v) is 3.03. The van der Waals surface area contributed by atoms with E-state index in [0.29, 0.717) is 0 Å². The molecular weight excluding hydrogens is 276 g/mol. The van der Waals surface area contributed by atoms with Gasteiger partial charge >= 0.3 is 5.97 Å². The van der Waals surface area contributed by atoms with Crippen molar-refractivity contribution < 1.29 is 19.6 Å². The van der Waals surface area contributed by atoms with Gasteiger partial charge in [-0.2, -0.15) is 0 Å². The summed E-state index contributed by atoms with van der Waals surface area (Å²) >= 11 is 0. The molecule has 1 unspecified atom stereocenters. The molecule has 0 fully saturated rings. The van der Waals surface area contributed by atoms with E-state index in [1.54, 1.807) is 13.0 Å². The summed E-state index contributed by atoms with van der Waals surface area (Å²) in [5.74, 6) is -1.62. The Kier molecular flexibility index (Phi) is 5.59. The van der Waals surface area contributed by atoms with Crippen molar-refractivity contribution in [3.8, 4) is 0 Å². The number of nitro benzene ring substituents is 1. The van der Waals surface area contributed by atoms with Crippen LogP contribution in [0.1, 0.15) is 18.9 Å². The van der Waals surface area contributed by atoms with Gasteiger partial charge in [-0.05, 0) is 18.6 Å². The van der Waals surface area contributed by atoms with Crippen LogP contribution >= 0.6 is 0 Å². The molecule has 1 aromatic carbocycles. The molecule has 21 heavy (non-hydrogen) atoms. The summed E-state index contributed by atoms with van der Waals surface area (Å²) in [5.41, 5.74) is 0.169.